The highest BCUT2D eigenvalue weighted by atomic mass is 32.2. The minimum atomic E-state index is 0. The van der Waals surface area contributed by atoms with Gasteiger partial charge in [0.2, 0.25) is 0 Å². The molecule has 0 amide bonds. The van der Waals surface area contributed by atoms with Gasteiger partial charge in [-0.05, 0) is 43.6 Å². The molecule has 2 aromatic rings. The summed E-state index contributed by atoms with van der Waals surface area (Å²) in [6.07, 6.45) is 10.3. The van der Waals surface area contributed by atoms with E-state index in [0.29, 0.717) is 0 Å². The summed E-state index contributed by atoms with van der Waals surface area (Å²) in [5, 5.41) is 4.38. The van der Waals surface area contributed by atoms with E-state index in [4.69, 9.17) is 0 Å². The van der Waals surface area contributed by atoms with Gasteiger partial charge in [-0.2, -0.15) is 0 Å². The van der Waals surface area contributed by atoms with E-state index in [0.717, 1.165) is 23.1 Å². The predicted octanol–water partition coefficient (Wildman–Crippen LogP) is 5.09. The second-order valence-corrected chi connectivity index (χ2v) is 7.34. The van der Waals surface area contributed by atoms with E-state index in [1.165, 1.54) is 55.7 Å². The Bertz CT molecular complexity index is 681. The smallest absolute Gasteiger partial charge is 0.163 e. The summed E-state index contributed by atoms with van der Waals surface area (Å²) in [7, 11) is 0. The number of fused-ring (bicyclic) bond motifs is 2. The van der Waals surface area contributed by atoms with Gasteiger partial charge in [0.1, 0.15) is 5.03 Å². The van der Waals surface area contributed by atoms with Crippen LogP contribution in [-0.4, -0.2) is 28.0 Å². The topological polar surface area (TPSA) is 41.1 Å². The first-order valence-corrected chi connectivity index (χ1v) is 9.31. The third-order valence-electron chi connectivity index (χ3n) is 4.52. The van der Waals surface area contributed by atoms with E-state index in [1.54, 1.807) is 24.2 Å². The Labute approximate surface area is 149 Å². The van der Waals surface area contributed by atoms with Crippen molar-refractivity contribution < 1.29 is 0 Å². The van der Waals surface area contributed by atoms with Crippen LogP contribution in [0.25, 0.3) is 0 Å². The molecule has 24 heavy (non-hydrogen) atoms. The third kappa shape index (κ3) is 3.90. The number of hydrogen-bond donors (Lipinski definition) is 1. The molecule has 2 aliphatic heterocycles. The van der Waals surface area contributed by atoms with Crippen LogP contribution in [-0.2, 0) is 6.54 Å². The molecule has 0 saturated carbocycles. The summed E-state index contributed by atoms with van der Waals surface area (Å²) >= 11 is 1.69. The summed E-state index contributed by atoms with van der Waals surface area (Å²) in [4.78, 5) is 12.6. The SMILES string of the molecule is C.c1cnc2c(n1)Nc1cc(CN3CCCCCCC3)ccc1S2. The predicted molar refractivity (Wildman–Crippen MR) is 101 cm³/mol. The number of benzene rings is 1. The monoisotopic (exact) mass is 342 g/mol. The molecule has 0 unspecified atom stereocenters. The van der Waals surface area contributed by atoms with Crippen molar-refractivity contribution in [1.29, 1.82) is 0 Å². The summed E-state index contributed by atoms with van der Waals surface area (Å²) in [5.74, 6) is 0.869. The fourth-order valence-electron chi connectivity index (χ4n) is 3.31. The molecule has 0 bridgehead atoms. The minimum absolute atomic E-state index is 0. The Balaban J connectivity index is 0.00000169. The summed E-state index contributed by atoms with van der Waals surface area (Å²) < 4.78 is 0. The Morgan fingerprint density at radius 1 is 1.00 bits per heavy atom. The molecule has 0 aliphatic carbocycles. The number of nitrogens with zero attached hydrogens (tertiary/aromatic N) is 3. The third-order valence-corrected chi connectivity index (χ3v) is 5.59. The van der Waals surface area contributed by atoms with Crippen molar-refractivity contribution in [2.24, 2.45) is 0 Å². The van der Waals surface area contributed by atoms with Crippen molar-refractivity contribution in [3.05, 3.63) is 36.2 Å². The Kier molecular flexibility index (Phi) is 5.74. The zero-order chi connectivity index (χ0) is 15.5. The molecule has 5 heteroatoms. The lowest BCUT2D eigenvalue weighted by Crippen LogP contribution is -2.26. The van der Waals surface area contributed by atoms with Crippen LogP contribution in [0.4, 0.5) is 11.5 Å². The molecule has 1 fully saturated rings. The molecular formula is C19H26N4S. The number of rotatable bonds is 2. The van der Waals surface area contributed by atoms with Gasteiger partial charge in [0.05, 0.1) is 5.69 Å². The van der Waals surface area contributed by atoms with Gasteiger partial charge in [-0.1, -0.05) is 44.5 Å². The zero-order valence-corrected chi connectivity index (χ0v) is 14.1. The average molecular weight is 343 g/mol. The van der Waals surface area contributed by atoms with E-state index in [1.807, 2.05) is 0 Å². The molecule has 0 radical (unpaired) electrons. The van der Waals surface area contributed by atoms with Gasteiger partial charge < -0.3 is 5.32 Å². The van der Waals surface area contributed by atoms with Crippen molar-refractivity contribution in [3.63, 3.8) is 0 Å². The van der Waals surface area contributed by atoms with Crippen LogP contribution in [0.2, 0.25) is 0 Å². The van der Waals surface area contributed by atoms with Crippen LogP contribution in [0.3, 0.4) is 0 Å². The van der Waals surface area contributed by atoms with E-state index in [-0.39, 0.29) is 7.43 Å². The first kappa shape index (κ1) is 17.2. The molecule has 128 valence electrons. The maximum Gasteiger partial charge on any atom is 0.163 e. The summed E-state index contributed by atoms with van der Waals surface area (Å²) in [5.41, 5.74) is 2.54. The van der Waals surface area contributed by atoms with Gasteiger partial charge in [0.15, 0.2) is 5.82 Å². The van der Waals surface area contributed by atoms with E-state index < -0.39 is 0 Å². The van der Waals surface area contributed by atoms with E-state index in [2.05, 4.69) is 38.4 Å². The number of nitrogens with one attached hydrogen (secondary N) is 1. The Morgan fingerprint density at radius 3 is 2.58 bits per heavy atom. The quantitative estimate of drug-likeness (QED) is 0.703. The zero-order valence-electron chi connectivity index (χ0n) is 13.3. The van der Waals surface area contributed by atoms with Gasteiger partial charge in [-0.15, -0.1) is 0 Å². The van der Waals surface area contributed by atoms with Crippen molar-refractivity contribution in [2.75, 3.05) is 18.4 Å². The molecule has 4 nitrogen and oxygen atoms in total. The van der Waals surface area contributed by atoms with Crippen molar-refractivity contribution in [2.45, 2.75) is 56.0 Å². The average Bonchev–Trinajstić information content (AvgIpc) is 2.55. The van der Waals surface area contributed by atoms with E-state index >= 15 is 0 Å². The number of hydrogen-bond acceptors (Lipinski definition) is 5. The van der Waals surface area contributed by atoms with Crippen LogP contribution < -0.4 is 5.32 Å². The Morgan fingerprint density at radius 2 is 1.75 bits per heavy atom. The molecule has 1 N–H and O–H groups in total. The molecule has 4 rings (SSSR count). The summed E-state index contributed by atoms with van der Waals surface area (Å²) in [6.45, 7) is 3.51. The van der Waals surface area contributed by atoms with Gasteiger partial charge in [0.25, 0.3) is 0 Å². The lowest BCUT2D eigenvalue weighted by atomic mass is 10.1. The van der Waals surface area contributed by atoms with Crippen LogP contribution >= 0.6 is 11.8 Å². The molecule has 0 atom stereocenters. The van der Waals surface area contributed by atoms with Crippen LogP contribution in [0.5, 0.6) is 0 Å². The first-order chi connectivity index (χ1) is 11.4. The minimum Gasteiger partial charge on any atom is -0.337 e. The number of likely N-dealkylation sites (tertiary alicyclic amines) is 1. The van der Waals surface area contributed by atoms with Crippen LogP contribution in [0.15, 0.2) is 40.5 Å². The van der Waals surface area contributed by atoms with Crippen LogP contribution in [0, 0.1) is 0 Å². The highest BCUT2D eigenvalue weighted by Crippen LogP contribution is 2.42. The maximum absolute atomic E-state index is 4.38. The van der Waals surface area contributed by atoms with Gasteiger partial charge in [-0.25, -0.2) is 9.97 Å². The fraction of sp³-hybridized carbons (Fsp3) is 0.474. The lowest BCUT2D eigenvalue weighted by molar-refractivity contribution is 0.240. The highest BCUT2D eigenvalue weighted by molar-refractivity contribution is 7.99. The maximum atomic E-state index is 4.38. The molecule has 1 aromatic heterocycles. The number of aromatic nitrogens is 2. The number of anilines is 2. The molecule has 0 spiro atoms. The Hall–Kier alpha value is -1.59. The van der Waals surface area contributed by atoms with Crippen molar-refractivity contribution >= 4 is 23.3 Å². The molecular weight excluding hydrogens is 316 g/mol. The normalized spacial score (nSPS) is 17.5. The van der Waals surface area contributed by atoms with E-state index in [9.17, 15) is 0 Å². The molecule has 1 saturated heterocycles. The largest absolute Gasteiger partial charge is 0.337 e. The standard InChI is InChI=1S/C18H22N4S.CH4/c1-2-4-10-22(11-5-3-1)13-14-6-7-16-15(12-14)21-17-18(23-16)20-9-8-19-17;/h6-9,12H,1-5,10-11,13H2,(H,19,21);1H4. The van der Waals surface area contributed by atoms with Crippen molar-refractivity contribution in [1.82, 2.24) is 14.9 Å². The summed E-state index contributed by atoms with van der Waals surface area (Å²) in [6, 6.07) is 6.75. The lowest BCUT2D eigenvalue weighted by Gasteiger charge is -2.25. The van der Waals surface area contributed by atoms with Gasteiger partial charge in [0, 0.05) is 23.8 Å². The van der Waals surface area contributed by atoms with Gasteiger partial charge >= 0.3 is 0 Å². The van der Waals surface area contributed by atoms with Crippen molar-refractivity contribution in [3.8, 4) is 0 Å². The second-order valence-electron chi connectivity index (χ2n) is 6.31. The second kappa shape index (κ2) is 7.99. The fourth-order valence-corrected chi connectivity index (χ4v) is 4.19. The molecule has 1 aromatic carbocycles. The molecule has 2 aliphatic rings. The van der Waals surface area contributed by atoms with Gasteiger partial charge in [-0.3, -0.25) is 4.90 Å². The molecule has 3 heterocycles. The highest BCUT2D eigenvalue weighted by Gasteiger charge is 2.18. The van der Waals surface area contributed by atoms with Crippen LogP contribution in [0.1, 0.15) is 45.1 Å². The first-order valence-electron chi connectivity index (χ1n) is 8.50.